The molecule has 0 amide bonds. The van der Waals surface area contributed by atoms with Crippen molar-refractivity contribution < 1.29 is 18.7 Å². The topological polar surface area (TPSA) is 100 Å². The maximum absolute atomic E-state index is 12.2. The lowest BCUT2D eigenvalue weighted by molar-refractivity contribution is -0.147. The van der Waals surface area contributed by atoms with E-state index >= 15 is 0 Å². The average Bonchev–Trinajstić information content (AvgIpc) is 2.71. The van der Waals surface area contributed by atoms with E-state index in [0.717, 1.165) is 10.9 Å². The van der Waals surface area contributed by atoms with Gasteiger partial charge in [0.05, 0.1) is 5.69 Å². The predicted octanol–water partition coefficient (Wildman–Crippen LogP) is 2.23. The molecule has 0 saturated carbocycles. The SMILES string of the molecule is Cc1cccn2c(=O)cc(COC(=O)COc3ccc4ccc(=O)oc4c3)nc12. The number of benzene rings is 1. The van der Waals surface area contributed by atoms with Gasteiger partial charge < -0.3 is 13.9 Å². The zero-order valence-electron chi connectivity index (χ0n) is 15.5. The Bertz CT molecular complexity index is 1340. The number of rotatable bonds is 5. The van der Waals surface area contributed by atoms with Crippen LogP contribution in [-0.4, -0.2) is 22.0 Å². The van der Waals surface area contributed by atoms with Gasteiger partial charge in [-0.15, -0.1) is 0 Å². The van der Waals surface area contributed by atoms with Crippen LogP contribution in [0.3, 0.4) is 0 Å². The highest BCUT2D eigenvalue weighted by atomic mass is 16.6. The zero-order valence-corrected chi connectivity index (χ0v) is 15.5. The number of carbonyl (C=O) groups excluding carboxylic acids is 1. The third-order valence-corrected chi connectivity index (χ3v) is 4.27. The van der Waals surface area contributed by atoms with Crippen molar-refractivity contribution in [1.82, 2.24) is 9.38 Å². The fourth-order valence-electron chi connectivity index (χ4n) is 2.85. The molecule has 4 rings (SSSR count). The van der Waals surface area contributed by atoms with Gasteiger partial charge in [-0.1, -0.05) is 6.07 Å². The zero-order chi connectivity index (χ0) is 20.4. The van der Waals surface area contributed by atoms with Crippen LogP contribution in [0, 0.1) is 6.92 Å². The molecule has 0 bridgehead atoms. The molecule has 0 aliphatic carbocycles. The number of pyridine rings is 1. The maximum atomic E-state index is 12.2. The molecular formula is C21H16N2O6. The van der Waals surface area contributed by atoms with Gasteiger partial charge in [0.15, 0.2) is 6.61 Å². The van der Waals surface area contributed by atoms with Gasteiger partial charge in [0.1, 0.15) is 23.6 Å². The lowest BCUT2D eigenvalue weighted by Gasteiger charge is -2.08. The Morgan fingerprint density at radius 2 is 1.97 bits per heavy atom. The summed E-state index contributed by atoms with van der Waals surface area (Å²) in [6, 6.07) is 12.8. The van der Waals surface area contributed by atoms with E-state index < -0.39 is 11.6 Å². The van der Waals surface area contributed by atoms with Crippen LogP contribution in [0.1, 0.15) is 11.3 Å². The van der Waals surface area contributed by atoms with E-state index in [1.165, 1.54) is 22.6 Å². The molecule has 0 fully saturated rings. The third kappa shape index (κ3) is 4.01. The van der Waals surface area contributed by atoms with Gasteiger partial charge in [-0.05, 0) is 36.8 Å². The molecule has 1 aromatic carbocycles. The molecule has 0 aliphatic heterocycles. The number of esters is 1. The maximum Gasteiger partial charge on any atom is 0.344 e. The third-order valence-electron chi connectivity index (χ3n) is 4.27. The first-order chi connectivity index (χ1) is 14.0. The summed E-state index contributed by atoms with van der Waals surface area (Å²) in [5.41, 5.74) is 1.34. The summed E-state index contributed by atoms with van der Waals surface area (Å²) in [6.07, 6.45) is 1.63. The van der Waals surface area contributed by atoms with E-state index in [0.29, 0.717) is 22.7 Å². The first-order valence-corrected chi connectivity index (χ1v) is 8.80. The summed E-state index contributed by atoms with van der Waals surface area (Å²) in [7, 11) is 0. The molecular weight excluding hydrogens is 376 g/mol. The molecule has 0 spiro atoms. The highest BCUT2D eigenvalue weighted by Gasteiger charge is 2.09. The molecule has 0 saturated heterocycles. The van der Waals surface area contributed by atoms with Crippen molar-refractivity contribution >= 4 is 22.6 Å². The minimum atomic E-state index is -0.619. The molecule has 29 heavy (non-hydrogen) atoms. The first kappa shape index (κ1) is 18.4. The highest BCUT2D eigenvalue weighted by Crippen LogP contribution is 2.19. The Hall–Kier alpha value is -3.94. The molecule has 0 unspecified atom stereocenters. The number of fused-ring (bicyclic) bond motifs is 2. The summed E-state index contributed by atoms with van der Waals surface area (Å²) < 4.78 is 17.1. The number of aromatic nitrogens is 2. The van der Waals surface area contributed by atoms with Crippen LogP contribution in [0.25, 0.3) is 16.6 Å². The number of nitrogens with zero attached hydrogens (tertiary/aromatic N) is 2. The van der Waals surface area contributed by atoms with Crippen molar-refractivity contribution in [1.29, 1.82) is 0 Å². The van der Waals surface area contributed by atoms with Crippen LogP contribution in [0.2, 0.25) is 0 Å². The quantitative estimate of drug-likeness (QED) is 0.379. The normalized spacial score (nSPS) is 10.9. The number of ether oxygens (including phenoxy) is 2. The minimum Gasteiger partial charge on any atom is -0.482 e. The Morgan fingerprint density at radius 1 is 1.14 bits per heavy atom. The smallest absolute Gasteiger partial charge is 0.344 e. The second kappa shape index (κ2) is 7.59. The van der Waals surface area contributed by atoms with Gasteiger partial charge >= 0.3 is 11.6 Å². The second-order valence-corrected chi connectivity index (χ2v) is 6.37. The largest absolute Gasteiger partial charge is 0.482 e. The Morgan fingerprint density at radius 3 is 2.83 bits per heavy atom. The van der Waals surface area contributed by atoms with E-state index in [1.807, 2.05) is 13.0 Å². The molecule has 8 nitrogen and oxygen atoms in total. The van der Waals surface area contributed by atoms with Crippen LogP contribution in [0.4, 0.5) is 0 Å². The van der Waals surface area contributed by atoms with Crippen LogP contribution in [0.15, 0.2) is 68.7 Å². The summed E-state index contributed by atoms with van der Waals surface area (Å²) in [6.45, 7) is 1.36. The summed E-state index contributed by atoms with van der Waals surface area (Å²) in [4.78, 5) is 39.8. The average molecular weight is 392 g/mol. The fraction of sp³-hybridized carbons (Fsp3) is 0.143. The van der Waals surface area contributed by atoms with Crippen molar-refractivity contribution in [2.75, 3.05) is 6.61 Å². The molecule has 0 aliphatic rings. The molecule has 4 aromatic rings. The van der Waals surface area contributed by atoms with Gasteiger partial charge in [-0.2, -0.15) is 0 Å². The standard InChI is InChI=1S/C21H16N2O6/c1-13-3-2-8-23-18(24)9-15(22-21(13)23)11-28-20(26)12-27-16-6-4-14-5-7-19(25)29-17(14)10-16/h2-10H,11-12H2,1H3. The number of hydrogen-bond acceptors (Lipinski definition) is 7. The monoisotopic (exact) mass is 392 g/mol. The number of carbonyl (C=O) groups is 1. The molecule has 0 atom stereocenters. The second-order valence-electron chi connectivity index (χ2n) is 6.37. The van der Waals surface area contributed by atoms with Crippen molar-refractivity contribution in [3.63, 3.8) is 0 Å². The van der Waals surface area contributed by atoms with Crippen molar-refractivity contribution in [2.45, 2.75) is 13.5 Å². The summed E-state index contributed by atoms with van der Waals surface area (Å²) in [5.74, 6) is -0.257. The Labute approximate surface area is 163 Å². The number of aryl methyl sites for hydroxylation is 1. The Balaban J connectivity index is 1.40. The van der Waals surface area contributed by atoms with E-state index in [4.69, 9.17) is 13.9 Å². The van der Waals surface area contributed by atoms with Gasteiger partial charge in [-0.3, -0.25) is 9.20 Å². The molecule has 3 aromatic heterocycles. The molecule has 146 valence electrons. The highest BCUT2D eigenvalue weighted by molar-refractivity contribution is 5.78. The van der Waals surface area contributed by atoms with E-state index in [1.54, 1.807) is 30.5 Å². The van der Waals surface area contributed by atoms with Crippen LogP contribution in [0.5, 0.6) is 5.75 Å². The predicted molar refractivity (Wildman–Crippen MR) is 104 cm³/mol. The van der Waals surface area contributed by atoms with Crippen molar-refractivity contribution in [3.05, 3.63) is 86.8 Å². The molecule has 3 heterocycles. The Kier molecular flexibility index (Phi) is 4.82. The van der Waals surface area contributed by atoms with E-state index in [2.05, 4.69) is 4.98 Å². The van der Waals surface area contributed by atoms with Crippen LogP contribution < -0.4 is 15.9 Å². The van der Waals surface area contributed by atoms with E-state index in [-0.39, 0.29) is 18.8 Å². The molecule has 0 radical (unpaired) electrons. The van der Waals surface area contributed by atoms with Crippen molar-refractivity contribution in [2.24, 2.45) is 0 Å². The lowest BCUT2D eigenvalue weighted by atomic mass is 10.2. The van der Waals surface area contributed by atoms with Gasteiger partial charge in [-0.25, -0.2) is 14.6 Å². The van der Waals surface area contributed by atoms with Gasteiger partial charge in [0, 0.05) is 29.8 Å². The van der Waals surface area contributed by atoms with Crippen molar-refractivity contribution in [3.8, 4) is 5.75 Å². The van der Waals surface area contributed by atoms with Crippen LogP contribution in [-0.2, 0) is 16.1 Å². The lowest BCUT2D eigenvalue weighted by Crippen LogP contribution is -2.19. The van der Waals surface area contributed by atoms with E-state index in [9.17, 15) is 14.4 Å². The fourth-order valence-corrected chi connectivity index (χ4v) is 2.85. The first-order valence-electron chi connectivity index (χ1n) is 8.80. The minimum absolute atomic E-state index is 0.144. The van der Waals surface area contributed by atoms with Crippen LogP contribution >= 0.6 is 0 Å². The summed E-state index contributed by atoms with van der Waals surface area (Å²) >= 11 is 0. The summed E-state index contributed by atoms with van der Waals surface area (Å²) in [5, 5.41) is 0.739. The number of hydrogen-bond donors (Lipinski definition) is 0. The molecule has 0 N–H and O–H groups in total. The molecule has 8 heteroatoms. The van der Waals surface area contributed by atoms with Gasteiger partial charge in [0.25, 0.3) is 5.56 Å². The van der Waals surface area contributed by atoms with Gasteiger partial charge in [0.2, 0.25) is 0 Å².